The number of aliphatic hydroxyl groups excluding tert-OH is 1. The molecule has 0 aromatic heterocycles. The Hall–Kier alpha value is -0.260. The van der Waals surface area contributed by atoms with Gasteiger partial charge in [-0.25, -0.2) is 0 Å². The molecule has 1 fully saturated rings. The standard InChI is InChI=1S/C13H19ClN2OS/c14-12-3-1-2-4-13(12)18-10-11(17)9-16-7-5-15-6-8-16/h1-4,11,15,17H,5-10H2. The van der Waals surface area contributed by atoms with E-state index in [1.54, 1.807) is 11.8 Å². The first kappa shape index (κ1) is 14.2. The average molecular weight is 287 g/mol. The van der Waals surface area contributed by atoms with E-state index in [0.29, 0.717) is 5.75 Å². The van der Waals surface area contributed by atoms with Crippen LogP contribution < -0.4 is 5.32 Å². The van der Waals surface area contributed by atoms with Crippen LogP contribution in [0.3, 0.4) is 0 Å². The molecule has 1 heterocycles. The number of hydrogen-bond acceptors (Lipinski definition) is 4. The van der Waals surface area contributed by atoms with E-state index in [9.17, 15) is 5.11 Å². The minimum absolute atomic E-state index is 0.302. The zero-order valence-corrected chi connectivity index (χ0v) is 11.9. The first-order valence-electron chi connectivity index (χ1n) is 6.24. The van der Waals surface area contributed by atoms with E-state index in [-0.39, 0.29) is 6.10 Å². The number of β-amino-alcohol motifs (C(OH)–C–C–N with tert-alkyl or cyclic N) is 1. The van der Waals surface area contributed by atoms with Crippen LogP contribution in [0.25, 0.3) is 0 Å². The molecule has 1 aliphatic rings. The van der Waals surface area contributed by atoms with Gasteiger partial charge in [-0.1, -0.05) is 23.7 Å². The molecule has 100 valence electrons. The quantitative estimate of drug-likeness (QED) is 0.808. The van der Waals surface area contributed by atoms with Crippen molar-refractivity contribution in [1.29, 1.82) is 0 Å². The number of piperazine rings is 1. The van der Waals surface area contributed by atoms with E-state index in [1.807, 2.05) is 24.3 Å². The van der Waals surface area contributed by atoms with Gasteiger partial charge in [-0.15, -0.1) is 11.8 Å². The van der Waals surface area contributed by atoms with Crippen molar-refractivity contribution in [3.05, 3.63) is 29.3 Å². The summed E-state index contributed by atoms with van der Waals surface area (Å²) in [5.74, 6) is 0.688. The average Bonchev–Trinajstić information content (AvgIpc) is 2.39. The summed E-state index contributed by atoms with van der Waals surface area (Å²) in [6, 6.07) is 7.76. The van der Waals surface area contributed by atoms with Gasteiger partial charge >= 0.3 is 0 Å². The molecule has 0 spiro atoms. The lowest BCUT2D eigenvalue weighted by atomic mass is 10.3. The van der Waals surface area contributed by atoms with E-state index in [1.165, 1.54) is 0 Å². The third-order valence-electron chi connectivity index (χ3n) is 2.95. The summed E-state index contributed by atoms with van der Waals surface area (Å²) in [5.41, 5.74) is 0. The summed E-state index contributed by atoms with van der Waals surface area (Å²) in [5, 5.41) is 14.1. The third kappa shape index (κ3) is 4.44. The Morgan fingerprint density at radius 3 is 2.78 bits per heavy atom. The van der Waals surface area contributed by atoms with Gasteiger partial charge in [0, 0.05) is 43.4 Å². The SMILES string of the molecule is OC(CSc1ccccc1Cl)CN1CCNCC1. The summed E-state index contributed by atoms with van der Waals surface area (Å²) in [4.78, 5) is 3.34. The number of halogens is 1. The topological polar surface area (TPSA) is 35.5 Å². The zero-order chi connectivity index (χ0) is 12.8. The molecule has 18 heavy (non-hydrogen) atoms. The van der Waals surface area contributed by atoms with E-state index >= 15 is 0 Å². The lowest BCUT2D eigenvalue weighted by molar-refractivity contribution is 0.121. The van der Waals surface area contributed by atoms with Crippen molar-refractivity contribution in [3.63, 3.8) is 0 Å². The first-order chi connectivity index (χ1) is 8.75. The highest BCUT2D eigenvalue weighted by Crippen LogP contribution is 2.27. The molecule has 1 aromatic rings. The number of nitrogens with one attached hydrogen (secondary N) is 1. The van der Waals surface area contributed by atoms with Gasteiger partial charge in [0.1, 0.15) is 0 Å². The molecule has 0 bridgehead atoms. The number of aliphatic hydroxyl groups is 1. The van der Waals surface area contributed by atoms with Crippen LogP contribution in [0.15, 0.2) is 29.2 Å². The third-order valence-corrected chi connectivity index (χ3v) is 4.61. The maximum Gasteiger partial charge on any atom is 0.0760 e. The molecular formula is C13H19ClN2OS. The fraction of sp³-hybridized carbons (Fsp3) is 0.538. The van der Waals surface area contributed by atoms with Gasteiger partial charge in [0.05, 0.1) is 11.1 Å². The zero-order valence-electron chi connectivity index (χ0n) is 10.3. The van der Waals surface area contributed by atoms with Crippen LogP contribution >= 0.6 is 23.4 Å². The van der Waals surface area contributed by atoms with Crippen LogP contribution in [0.1, 0.15) is 0 Å². The molecule has 1 saturated heterocycles. The van der Waals surface area contributed by atoms with Crippen molar-refractivity contribution in [1.82, 2.24) is 10.2 Å². The highest BCUT2D eigenvalue weighted by Gasteiger charge is 2.14. The van der Waals surface area contributed by atoms with Crippen LogP contribution in [0.4, 0.5) is 0 Å². The summed E-state index contributed by atoms with van der Waals surface area (Å²) >= 11 is 7.70. The lowest BCUT2D eigenvalue weighted by Gasteiger charge is -2.28. The normalized spacial score (nSPS) is 18.8. The monoisotopic (exact) mass is 286 g/mol. The second-order valence-electron chi connectivity index (χ2n) is 4.45. The molecule has 2 N–H and O–H groups in total. The minimum atomic E-state index is -0.302. The highest BCUT2D eigenvalue weighted by atomic mass is 35.5. The van der Waals surface area contributed by atoms with Crippen molar-refractivity contribution in [3.8, 4) is 0 Å². The molecule has 0 radical (unpaired) electrons. The van der Waals surface area contributed by atoms with Gasteiger partial charge in [0.25, 0.3) is 0 Å². The first-order valence-corrected chi connectivity index (χ1v) is 7.60. The van der Waals surface area contributed by atoms with Crippen molar-refractivity contribution in [2.24, 2.45) is 0 Å². The van der Waals surface area contributed by atoms with Gasteiger partial charge in [-0.05, 0) is 12.1 Å². The Balaban J connectivity index is 1.74. The molecule has 5 heteroatoms. The Bertz CT molecular complexity index is 372. The molecule has 3 nitrogen and oxygen atoms in total. The van der Waals surface area contributed by atoms with E-state index in [2.05, 4.69) is 10.2 Å². The second-order valence-corrected chi connectivity index (χ2v) is 5.91. The molecule has 0 saturated carbocycles. The Labute approximate surface area is 118 Å². The van der Waals surface area contributed by atoms with Crippen LogP contribution in [0, 0.1) is 0 Å². The van der Waals surface area contributed by atoms with Crippen LogP contribution in [-0.4, -0.2) is 54.6 Å². The van der Waals surface area contributed by atoms with E-state index in [4.69, 9.17) is 11.6 Å². The van der Waals surface area contributed by atoms with Crippen molar-refractivity contribution in [2.45, 2.75) is 11.0 Å². The molecule has 1 aromatic carbocycles. The number of thioether (sulfide) groups is 1. The summed E-state index contributed by atoms with van der Waals surface area (Å²) in [6.07, 6.45) is -0.302. The number of hydrogen-bond donors (Lipinski definition) is 2. The van der Waals surface area contributed by atoms with E-state index < -0.39 is 0 Å². The molecule has 0 amide bonds. The molecule has 0 aliphatic carbocycles. The number of nitrogens with zero attached hydrogens (tertiary/aromatic N) is 1. The lowest BCUT2D eigenvalue weighted by Crippen LogP contribution is -2.46. The fourth-order valence-corrected chi connectivity index (χ4v) is 3.15. The molecular weight excluding hydrogens is 268 g/mol. The maximum atomic E-state index is 10.0. The highest BCUT2D eigenvalue weighted by molar-refractivity contribution is 7.99. The van der Waals surface area contributed by atoms with Crippen molar-refractivity contribution in [2.75, 3.05) is 38.5 Å². The summed E-state index contributed by atoms with van der Waals surface area (Å²) < 4.78 is 0. The Kier molecular flexibility index (Phi) is 5.79. The van der Waals surface area contributed by atoms with Gasteiger partial charge in [0.2, 0.25) is 0 Å². The Morgan fingerprint density at radius 1 is 1.33 bits per heavy atom. The summed E-state index contributed by atoms with van der Waals surface area (Å²) in [7, 11) is 0. The Morgan fingerprint density at radius 2 is 2.06 bits per heavy atom. The molecule has 1 unspecified atom stereocenters. The predicted octanol–water partition coefficient (Wildman–Crippen LogP) is 1.70. The molecule has 1 atom stereocenters. The largest absolute Gasteiger partial charge is 0.391 e. The van der Waals surface area contributed by atoms with Gasteiger partial charge in [-0.3, -0.25) is 4.90 Å². The van der Waals surface area contributed by atoms with Crippen LogP contribution in [-0.2, 0) is 0 Å². The van der Waals surface area contributed by atoms with E-state index in [0.717, 1.165) is 42.6 Å². The van der Waals surface area contributed by atoms with Crippen molar-refractivity contribution < 1.29 is 5.11 Å². The van der Waals surface area contributed by atoms with Gasteiger partial charge in [-0.2, -0.15) is 0 Å². The van der Waals surface area contributed by atoms with Crippen LogP contribution in [0.5, 0.6) is 0 Å². The molecule has 1 aliphatic heterocycles. The smallest absolute Gasteiger partial charge is 0.0760 e. The maximum absolute atomic E-state index is 10.0. The van der Waals surface area contributed by atoms with Gasteiger partial charge in [0.15, 0.2) is 0 Å². The van der Waals surface area contributed by atoms with Crippen LogP contribution in [0.2, 0.25) is 5.02 Å². The predicted molar refractivity (Wildman–Crippen MR) is 77.5 cm³/mol. The van der Waals surface area contributed by atoms with Crippen molar-refractivity contribution >= 4 is 23.4 Å². The number of rotatable bonds is 5. The second kappa shape index (κ2) is 7.36. The molecule has 2 rings (SSSR count). The summed E-state index contributed by atoms with van der Waals surface area (Å²) in [6.45, 7) is 4.83. The fourth-order valence-electron chi connectivity index (χ4n) is 1.99. The minimum Gasteiger partial charge on any atom is -0.391 e. The number of benzene rings is 1. The van der Waals surface area contributed by atoms with Gasteiger partial charge < -0.3 is 10.4 Å².